The quantitative estimate of drug-likeness (QED) is 0.635. The van der Waals surface area contributed by atoms with E-state index < -0.39 is 15.4 Å². The summed E-state index contributed by atoms with van der Waals surface area (Å²) in [6, 6.07) is 0. The van der Waals surface area contributed by atoms with Gasteiger partial charge < -0.3 is 0 Å². The summed E-state index contributed by atoms with van der Waals surface area (Å²) >= 11 is 0. The summed E-state index contributed by atoms with van der Waals surface area (Å²) in [4.78, 5) is 0. The van der Waals surface area contributed by atoms with Crippen molar-refractivity contribution < 1.29 is 13.0 Å². The minimum absolute atomic E-state index is 0.404. The topological polar surface area (TPSA) is 54.4 Å². The van der Waals surface area contributed by atoms with Crippen molar-refractivity contribution >= 4 is 10.1 Å². The molecule has 3 nitrogen and oxygen atoms in total. The zero-order chi connectivity index (χ0) is 9.35. The summed E-state index contributed by atoms with van der Waals surface area (Å²) in [5.74, 6) is 0. The second-order valence-corrected chi connectivity index (χ2v) is 4.72. The van der Waals surface area contributed by atoms with Crippen molar-refractivity contribution in [2.75, 3.05) is 0 Å². The van der Waals surface area contributed by atoms with E-state index in [9.17, 15) is 8.42 Å². The van der Waals surface area contributed by atoms with Crippen LogP contribution in [0.2, 0.25) is 0 Å². The Morgan fingerprint density at radius 2 is 2.08 bits per heavy atom. The summed E-state index contributed by atoms with van der Waals surface area (Å²) in [6.07, 6.45) is 3.66. The lowest BCUT2D eigenvalue weighted by atomic mass is 10.0. The van der Waals surface area contributed by atoms with Crippen molar-refractivity contribution in [3.8, 4) is 0 Å². The van der Waals surface area contributed by atoms with E-state index >= 15 is 0 Å². The Balaban J connectivity index is 2.90. The van der Waals surface area contributed by atoms with Gasteiger partial charge in [0.2, 0.25) is 0 Å². The lowest BCUT2D eigenvalue weighted by Gasteiger charge is -2.15. The highest BCUT2D eigenvalue weighted by Crippen LogP contribution is 2.22. The zero-order valence-electron chi connectivity index (χ0n) is 7.11. The smallest absolute Gasteiger partial charge is 0.271 e. The van der Waals surface area contributed by atoms with Crippen molar-refractivity contribution in [3.63, 3.8) is 0 Å². The predicted molar refractivity (Wildman–Crippen MR) is 47.5 cm³/mol. The van der Waals surface area contributed by atoms with Gasteiger partial charge in [-0.05, 0) is 20.3 Å². The standard InChI is InChI=1S/C8H12O3S/c1-6-3-4-8(5-7(6)2)12(9,10)11/h3-4,8H,5H2,1-2H3,(H,9,10,11). The maximum absolute atomic E-state index is 10.7. The molecule has 0 amide bonds. The van der Waals surface area contributed by atoms with Crippen LogP contribution in [0.15, 0.2) is 23.3 Å². The van der Waals surface area contributed by atoms with Crippen LogP contribution in [0.5, 0.6) is 0 Å². The van der Waals surface area contributed by atoms with E-state index in [-0.39, 0.29) is 0 Å². The van der Waals surface area contributed by atoms with Crippen LogP contribution in [0, 0.1) is 0 Å². The molecule has 4 heteroatoms. The van der Waals surface area contributed by atoms with Crippen LogP contribution in [0.1, 0.15) is 20.3 Å². The Hall–Kier alpha value is -0.610. The molecule has 1 atom stereocenters. The van der Waals surface area contributed by atoms with Gasteiger partial charge in [0, 0.05) is 0 Å². The fourth-order valence-electron chi connectivity index (χ4n) is 1.13. The van der Waals surface area contributed by atoms with Crippen LogP contribution in [-0.2, 0) is 10.1 Å². The van der Waals surface area contributed by atoms with Gasteiger partial charge in [0.15, 0.2) is 0 Å². The second kappa shape index (κ2) is 3.03. The van der Waals surface area contributed by atoms with E-state index in [0.717, 1.165) is 11.1 Å². The van der Waals surface area contributed by atoms with E-state index in [4.69, 9.17) is 4.55 Å². The fourth-order valence-corrected chi connectivity index (χ4v) is 1.87. The van der Waals surface area contributed by atoms with Crippen molar-refractivity contribution in [3.05, 3.63) is 23.3 Å². The van der Waals surface area contributed by atoms with Crippen LogP contribution in [0.3, 0.4) is 0 Å². The molecule has 1 N–H and O–H groups in total. The van der Waals surface area contributed by atoms with Gasteiger partial charge in [0.1, 0.15) is 5.25 Å². The van der Waals surface area contributed by atoms with Gasteiger partial charge in [-0.25, -0.2) is 0 Å². The third kappa shape index (κ3) is 1.95. The summed E-state index contributed by atoms with van der Waals surface area (Å²) in [6.45, 7) is 3.79. The zero-order valence-corrected chi connectivity index (χ0v) is 7.93. The molecule has 12 heavy (non-hydrogen) atoms. The lowest BCUT2D eigenvalue weighted by Crippen LogP contribution is -2.20. The van der Waals surface area contributed by atoms with Gasteiger partial charge in [-0.15, -0.1) is 0 Å². The van der Waals surface area contributed by atoms with Gasteiger partial charge in [-0.2, -0.15) is 8.42 Å². The highest BCUT2D eigenvalue weighted by molar-refractivity contribution is 7.86. The van der Waals surface area contributed by atoms with E-state index in [1.165, 1.54) is 6.08 Å². The number of rotatable bonds is 1. The molecule has 0 saturated carbocycles. The highest BCUT2D eigenvalue weighted by atomic mass is 32.2. The number of allylic oxidation sites excluding steroid dienone is 3. The average molecular weight is 188 g/mol. The van der Waals surface area contributed by atoms with E-state index in [1.54, 1.807) is 6.08 Å². The molecule has 68 valence electrons. The molecule has 0 aromatic rings. The Morgan fingerprint density at radius 1 is 1.50 bits per heavy atom. The second-order valence-electron chi connectivity index (χ2n) is 3.08. The van der Waals surface area contributed by atoms with Gasteiger partial charge in [0.05, 0.1) is 0 Å². The van der Waals surface area contributed by atoms with Gasteiger partial charge in [0.25, 0.3) is 10.1 Å². The molecule has 0 aromatic heterocycles. The maximum Gasteiger partial charge on any atom is 0.271 e. The largest absolute Gasteiger partial charge is 0.285 e. The highest BCUT2D eigenvalue weighted by Gasteiger charge is 2.22. The van der Waals surface area contributed by atoms with E-state index in [2.05, 4.69) is 0 Å². The predicted octanol–water partition coefficient (Wildman–Crippen LogP) is 1.54. The molecule has 0 bridgehead atoms. The Kier molecular flexibility index (Phi) is 2.39. The monoisotopic (exact) mass is 188 g/mol. The third-order valence-corrected chi connectivity index (χ3v) is 3.21. The first-order valence-electron chi connectivity index (χ1n) is 3.72. The van der Waals surface area contributed by atoms with Crippen molar-refractivity contribution in [2.24, 2.45) is 0 Å². The summed E-state index contributed by atoms with van der Waals surface area (Å²) in [5.41, 5.74) is 2.09. The molecular weight excluding hydrogens is 176 g/mol. The number of hydrogen-bond acceptors (Lipinski definition) is 2. The Labute approximate surface area is 72.5 Å². The van der Waals surface area contributed by atoms with Crippen molar-refractivity contribution in [2.45, 2.75) is 25.5 Å². The summed E-state index contributed by atoms with van der Waals surface area (Å²) in [5, 5.41) is -0.749. The molecule has 1 unspecified atom stereocenters. The van der Waals surface area contributed by atoms with Gasteiger partial charge >= 0.3 is 0 Å². The van der Waals surface area contributed by atoms with E-state index in [1.807, 2.05) is 13.8 Å². The molecule has 0 saturated heterocycles. The third-order valence-electron chi connectivity index (χ3n) is 2.12. The first-order chi connectivity index (χ1) is 5.41. The molecule has 0 aliphatic heterocycles. The van der Waals surface area contributed by atoms with Crippen molar-refractivity contribution in [1.82, 2.24) is 0 Å². The molecule has 0 aromatic carbocycles. The molecule has 0 fully saturated rings. The minimum atomic E-state index is -3.90. The SMILES string of the molecule is CC1=C(C)CC(S(=O)(=O)O)C=C1. The molecule has 0 spiro atoms. The first kappa shape index (κ1) is 9.48. The van der Waals surface area contributed by atoms with Gasteiger partial charge in [-0.3, -0.25) is 4.55 Å². The van der Waals surface area contributed by atoms with Gasteiger partial charge in [-0.1, -0.05) is 23.3 Å². The van der Waals surface area contributed by atoms with Crippen LogP contribution in [-0.4, -0.2) is 18.2 Å². The fraction of sp³-hybridized carbons (Fsp3) is 0.500. The minimum Gasteiger partial charge on any atom is -0.285 e. The van der Waals surface area contributed by atoms with Crippen LogP contribution >= 0.6 is 0 Å². The summed E-state index contributed by atoms with van der Waals surface area (Å²) in [7, 11) is -3.90. The van der Waals surface area contributed by atoms with Crippen LogP contribution in [0.25, 0.3) is 0 Å². The molecule has 0 radical (unpaired) electrons. The molecule has 1 aliphatic carbocycles. The lowest BCUT2D eigenvalue weighted by molar-refractivity contribution is 0.473. The normalized spacial score (nSPS) is 24.8. The summed E-state index contributed by atoms with van der Waals surface area (Å²) < 4.78 is 30.2. The van der Waals surface area contributed by atoms with Crippen LogP contribution in [0.4, 0.5) is 0 Å². The molecule has 1 rings (SSSR count). The van der Waals surface area contributed by atoms with Crippen molar-refractivity contribution in [1.29, 1.82) is 0 Å². The molecular formula is C8H12O3S. The van der Waals surface area contributed by atoms with E-state index in [0.29, 0.717) is 6.42 Å². The van der Waals surface area contributed by atoms with Crippen LogP contribution < -0.4 is 0 Å². The average Bonchev–Trinajstić information content (AvgIpc) is 1.92. The molecule has 0 heterocycles. The molecule has 1 aliphatic rings. The number of hydrogen-bond donors (Lipinski definition) is 1. The Bertz CT molecular complexity index is 335. The Morgan fingerprint density at radius 3 is 2.50 bits per heavy atom. The first-order valence-corrected chi connectivity index (χ1v) is 5.22. The maximum atomic E-state index is 10.7.